The van der Waals surface area contributed by atoms with Crippen molar-refractivity contribution in [3.05, 3.63) is 0 Å². The smallest absolute Gasteiger partial charge is 0.311 e. The predicted molar refractivity (Wildman–Crippen MR) is 56.9 cm³/mol. The van der Waals surface area contributed by atoms with Gasteiger partial charge in [-0.1, -0.05) is 7.43 Å². The van der Waals surface area contributed by atoms with E-state index >= 15 is 0 Å². The van der Waals surface area contributed by atoms with Crippen LogP contribution in [0.5, 0.6) is 0 Å². The monoisotopic (exact) mass is 198 g/mol. The second-order valence-electron chi connectivity index (χ2n) is 5.50. The second kappa shape index (κ2) is 3.56. The zero-order valence-electron chi connectivity index (χ0n) is 8.67. The maximum atomic E-state index is 11.5. The molecule has 0 saturated heterocycles. The summed E-state index contributed by atoms with van der Waals surface area (Å²) < 4.78 is 5.44. The maximum absolute atomic E-state index is 11.5. The lowest BCUT2D eigenvalue weighted by molar-refractivity contribution is -0.158. The van der Waals surface area contributed by atoms with Gasteiger partial charge in [0.25, 0.3) is 0 Å². The number of carbonyl (C=O) groups excluding carboxylic acids is 1. The van der Waals surface area contributed by atoms with Crippen molar-refractivity contribution in [1.82, 2.24) is 0 Å². The molecule has 2 aliphatic carbocycles. The minimum absolute atomic E-state index is 0. The molecular weight excluding hydrogens is 176 g/mol. The van der Waals surface area contributed by atoms with Crippen LogP contribution in [0.1, 0.15) is 47.5 Å². The van der Waals surface area contributed by atoms with Crippen LogP contribution in [0.4, 0.5) is 0 Å². The first-order valence-corrected chi connectivity index (χ1v) is 5.18. The average molecular weight is 198 g/mol. The highest BCUT2D eigenvalue weighted by atomic mass is 16.5. The molecule has 2 aliphatic rings. The van der Waals surface area contributed by atoms with Crippen LogP contribution in [-0.2, 0) is 9.53 Å². The first kappa shape index (κ1) is 11.5. The van der Waals surface area contributed by atoms with Crippen LogP contribution < -0.4 is 0 Å². The van der Waals surface area contributed by atoms with E-state index in [0.717, 1.165) is 24.7 Å². The summed E-state index contributed by atoms with van der Waals surface area (Å²) in [5, 5.41) is 0. The van der Waals surface area contributed by atoms with Gasteiger partial charge in [0.1, 0.15) is 6.10 Å². The second-order valence-corrected chi connectivity index (χ2v) is 5.50. The largest absolute Gasteiger partial charge is 0.462 e. The fourth-order valence-electron chi connectivity index (χ4n) is 2.08. The summed E-state index contributed by atoms with van der Waals surface area (Å²) in [5.41, 5.74) is -0.340. The molecule has 0 heterocycles. The van der Waals surface area contributed by atoms with E-state index in [2.05, 4.69) is 0 Å². The van der Waals surface area contributed by atoms with Crippen molar-refractivity contribution in [2.75, 3.05) is 0 Å². The van der Waals surface area contributed by atoms with Crippen molar-refractivity contribution in [1.29, 1.82) is 0 Å². The third-order valence-electron chi connectivity index (χ3n) is 3.09. The lowest BCUT2D eigenvalue weighted by Gasteiger charge is -2.21. The molecule has 2 saturated carbocycles. The molecular formula is C12H22O2. The molecule has 0 N–H and O–H groups in total. The Kier molecular flexibility index (Phi) is 2.93. The summed E-state index contributed by atoms with van der Waals surface area (Å²) in [5.74, 6) is 1.73. The third kappa shape index (κ3) is 2.28. The number of hydrogen-bond acceptors (Lipinski definition) is 2. The van der Waals surface area contributed by atoms with Gasteiger partial charge in [-0.05, 0) is 51.9 Å². The van der Waals surface area contributed by atoms with Gasteiger partial charge in [0.05, 0.1) is 5.41 Å². The molecule has 2 atom stereocenters. The van der Waals surface area contributed by atoms with Gasteiger partial charge in [0, 0.05) is 0 Å². The molecule has 14 heavy (non-hydrogen) atoms. The SMILES string of the molecule is C.CC(C)(C)C(=O)OC1CC2CC2C1. The van der Waals surface area contributed by atoms with Crippen molar-refractivity contribution in [2.45, 2.75) is 53.6 Å². The van der Waals surface area contributed by atoms with Gasteiger partial charge in [-0.2, -0.15) is 0 Å². The number of rotatable bonds is 1. The Morgan fingerprint density at radius 1 is 1.14 bits per heavy atom. The van der Waals surface area contributed by atoms with Crippen LogP contribution >= 0.6 is 0 Å². The van der Waals surface area contributed by atoms with E-state index in [1.165, 1.54) is 6.42 Å². The van der Waals surface area contributed by atoms with E-state index in [1.54, 1.807) is 0 Å². The fourth-order valence-corrected chi connectivity index (χ4v) is 2.08. The van der Waals surface area contributed by atoms with Gasteiger partial charge >= 0.3 is 5.97 Å². The van der Waals surface area contributed by atoms with Gasteiger partial charge in [0.15, 0.2) is 0 Å². The average Bonchev–Trinajstić information content (AvgIpc) is 2.57. The highest BCUT2D eigenvalue weighted by molar-refractivity contribution is 5.75. The van der Waals surface area contributed by atoms with E-state index < -0.39 is 0 Å². The maximum Gasteiger partial charge on any atom is 0.311 e. The first-order chi connectivity index (χ1) is 5.97. The van der Waals surface area contributed by atoms with Crippen LogP contribution in [0, 0.1) is 17.3 Å². The Hall–Kier alpha value is -0.530. The topological polar surface area (TPSA) is 26.3 Å². The number of ether oxygens (including phenoxy) is 1. The van der Waals surface area contributed by atoms with Crippen molar-refractivity contribution < 1.29 is 9.53 Å². The van der Waals surface area contributed by atoms with Crippen LogP contribution in [0.25, 0.3) is 0 Å². The van der Waals surface area contributed by atoms with Gasteiger partial charge in [-0.3, -0.25) is 4.79 Å². The zero-order chi connectivity index (χ0) is 9.64. The molecule has 0 spiro atoms. The molecule has 82 valence electrons. The van der Waals surface area contributed by atoms with Crippen molar-refractivity contribution in [2.24, 2.45) is 17.3 Å². The molecule has 0 aromatic rings. The van der Waals surface area contributed by atoms with E-state index in [9.17, 15) is 4.79 Å². The zero-order valence-corrected chi connectivity index (χ0v) is 8.67. The standard InChI is InChI=1S/C11H18O2.CH4/c1-11(2,3)10(12)13-9-5-7-4-8(7)6-9;/h7-9H,4-6H2,1-3H3;1H4. The Morgan fingerprint density at radius 2 is 1.64 bits per heavy atom. The highest BCUT2D eigenvalue weighted by Crippen LogP contribution is 2.52. The van der Waals surface area contributed by atoms with Crippen molar-refractivity contribution in [3.63, 3.8) is 0 Å². The van der Waals surface area contributed by atoms with Gasteiger partial charge < -0.3 is 4.74 Å². The number of hydrogen-bond donors (Lipinski definition) is 0. The lowest BCUT2D eigenvalue weighted by atomic mass is 9.97. The van der Waals surface area contributed by atoms with E-state index in [0.29, 0.717) is 0 Å². The quantitative estimate of drug-likeness (QED) is 0.605. The summed E-state index contributed by atoms with van der Waals surface area (Å²) in [6, 6.07) is 0. The number of esters is 1. The van der Waals surface area contributed by atoms with E-state index in [4.69, 9.17) is 4.74 Å². The first-order valence-electron chi connectivity index (χ1n) is 5.18. The van der Waals surface area contributed by atoms with Crippen LogP contribution in [-0.4, -0.2) is 12.1 Å². The Morgan fingerprint density at radius 3 is 2.07 bits per heavy atom. The molecule has 0 aromatic heterocycles. The fraction of sp³-hybridized carbons (Fsp3) is 0.917. The molecule has 2 nitrogen and oxygen atoms in total. The predicted octanol–water partition coefficient (Wildman–Crippen LogP) is 3.01. The molecule has 0 radical (unpaired) electrons. The normalized spacial score (nSPS) is 34.4. The highest BCUT2D eigenvalue weighted by Gasteiger charge is 2.47. The van der Waals surface area contributed by atoms with E-state index in [-0.39, 0.29) is 24.9 Å². The molecule has 0 aromatic carbocycles. The number of fused-ring (bicyclic) bond motifs is 1. The van der Waals surface area contributed by atoms with Gasteiger partial charge in [-0.25, -0.2) is 0 Å². The number of carbonyl (C=O) groups is 1. The molecule has 0 bridgehead atoms. The van der Waals surface area contributed by atoms with Gasteiger partial charge in [-0.15, -0.1) is 0 Å². The summed E-state index contributed by atoms with van der Waals surface area (Å²) in [7, 11) is 0. The lowest BCUT2D eigenvalue weighted by Crippen LogP contribution is -2.27. The Balaban J connectivity index is 0.000000980. The molecule has 2 unspecified atom stereocenters. The summed E-state index contributed by atoms with van der Waals surface area (Å²) in [6.07, 6.45) is 3.85. The van der Waals surface area contributed by atoms with Crippen LogP contribution in [0.15, 0.2) is 0 Å². The summed E-state index contributed by atoms with van der Waals surface area (Å²) in [4.78, 5) is 11.5. The van der Waals surface area contributed by atoms with Gasteiger partial charge in [0.2, 0.25) is 0 Å². The van der Waals surface area contributed by atoms with Crippen LogP contribution in [0.3, 0.4) is 0 Å². The molecule has 2 heteroatoms. The Labute approximate surface area is 87.0 Å². The van der Waals surface area contributed by atoms with Crippen molar-refractivity contribution in [3.8, 4) is 0 Å². The van der Waals surface area contributed by atoms with E-state index in [1.807, 2.05) is 20.8 Å². The molecule has 0 amide bonds. The molecule has 2 rings (SSSR count). The summed E-state index contributed by atoms with van der Waals surface area (Å²) in [6.45, 7) is 5.72. The molecule has 0 aliphatic heterocycles. The molecule has 2 fully saturated rings. The Bertz CT molecular complexity index is 217. The van der Waals surface area contributed by atoms with Crippen molar-refractivity contribution >= 4 is 5.97 Å². The third-order valence-corrected chi connectivity index (χ3v) is 3.09. The van der Waals surface area contributed by atoms with Crippen LogP contribution in [0.2, 0.25) is 0 Å². The minimum Gasteiger partial charge on any atom is -0.462 e. The minimum atomic E-state index is -0.340. The summed E-state index contributed by atoms with van der Waals surface area (Å²) >= 11 is 0.